The van der Waals surface area contributed by atoms with Crippen LogP contribution in [0.1, 0.15) is 57.8 Å². The van der Waals surface area contributed by atoms with Gasteiger partial charge in [-0.2, -0.15) is 0 Å². The number of hydrogen-bond donors (Lipinski definition) is 1. The molecule has 0 aromatic carbocycles. The van der Waals surface area contributed by atoms with Crippen molar-refractivity contribution in [2.75, 3.05) is 6.54 Å². The van der Waals surface area contributed by atoms with Gasteiger partial charge < -0.3 is 14.5 Å². The van der Waals surface area contributed by atoms with Crippen LogP contribution in [0.2, 0.25) is 0 Å². The van der Waals surface area contributed by atoms with Crippen molar-refractivity contribution in [3.8, 4) is 0 Å². The first-order valence-electron chi connectivity index (χ1n) is 8.02. The maximum atomic E-state index is 6.06. The molecule has 0 radical (unpaired) electrons. The van der Waals surface area contributed by atoms with Crippen molar-refractivity contribution in [2.45, 2.75) is 65.7 Å². The predicted molar refractivity (Wildman–Crippen MR) is 81.5 cm³/mol. The second kappa shape index (κ2) is 7.84. The summed E-state index contributed by atoms with van der Waals surface area (Å²) in [4.78, 5) is 0. The normalized spacial score (nSPS) is 23.4. The van der Waals surface area contributed by atoms with Gasteiger partial charge in [0, 0.05) is 5.56 Å². The largest absolute Gasteiger partial charge is 0.468 e. The number of furan rings is 1. The van der Waals surface area contributed by atoms with Crippen molar-refractivity contribution in [3.63, 3.8) is 0 Å². The highest BCUT2D eigenvalue weighted by Crippen LogP contribution is 2.26. The standard InChI is InChI=1S/C17H29NO2/c1-13(2)10-18-11-17-15(8-9-19-17)12-20-16-6-4-14(3)5-7-16/h8-9,13-14,16,18H,4-7,10-12H2,1-3H3. The molecule has 1 saturated carbocycles. The highest BCUT2D eigenvalue weighted by atomic mass is 16.5. The number of ether oxygens (including phenoxy) is 1. The van der Waals surface area contributed by atoms with Gasteiger partial charge in [-0.1, -0.05) is 20.8 Å². The molecule has 1 aliphatic carbocycles. The fraction of sp³-hybridized carbons (Fsp3) is 0.765. The molecular formula is C17H29NO2. The van der Waals surface area contributed by atoms with Gasteiger partial charge in [0.05, 0.1) is 25.5 Å². The van der Waals surface area contributed by atoms with Crippen LogP contribution >= 0.6 is 0 Å². The van der Waals surface area contributed by atoms with Crippen molar-refractivity contribution < 1.29 is 9.15 Å². The maximum absolute atomic E-state index is 6.06. The zero-order valence-corrected chi connectivity index (χ0v) is 13.2. The van der Waals surface area contributed by atoms with Crippen molar-refractivity contribution >= 4 is 0 Å². The number of nitrogens with one attached hydrogen (secondary N) is 1. The Morgan fingerprint density at radius 2 is 2.05 bits per heavy atom. The molecule has 1 heterocycles. The van der Waals surface area contributed by atoms with Crippen molar-refractivity contribution in [3.05, 3.63) is 23.7 Å². The second-order valence-electron chi connectivity index (χ2n) is 6.59. The fourth-order valence-corrected chi connectivity index (χ4v) is 2.73. The first kappa shape index (κ1) is 15.6. The average molecular weight is 279 g/mol. The van der Waals surface area contributed by atoms with Gasteiger partial charge in [-0.05, 0) is 50.1 Å². The molecule has 3 heteroatoms. The Balaban J connectivity index is 1.74. The molecule has 2 rings (SSSR count). The molecule has 20 heavy (non-hydrogen) atoms. The van der Waals surface area contributed by atoms with E-state index >= 15 is 0 Å². The molecule has 1 fully saturated rings. The SMILES string of the molecule is CC(C)CNCc1occc1COC1CCC(C)CC1. The Kier molecular flexibility index (Phi) is 6.11. The minimum atomic E-state index is 0.442. The summed E-state index contributed by atoms with van der Waals surface area (Å²) in [5, 5.41) is 3.42. The molecule has 1 aromatic rings. The van der Waals surface area contributed by atoms with Crippen LogP contribution < -0.4 is 5.32 Å². The van der Waals surface area contributed by atoms with Crippen LogP contribution in [0.3, 0.4) is 0 Å². The highest BCUT2D eigenvalue weighted by molar-refractivity contribution is 5.15. The van der Waals surface area contributed by atoms with E-state index in [2.05, 4.69) is 26.1 Å². The van der Waals surface area contributed by atoms with Gasteiger partial charge in [0.1, 0.15) is 5.76 Å². The van der Waals surface area contributed by atoms with Gasteiger partial charge in [0.15, 0.2) is 0 Å². The van der Waals surface area contributed by atoms with Crippen LogP contribution in [0.15, 0.2) is 16.7 Å². The van der Waals surface area contributed by atoms with Crippen molar-refractivity contribution in [2.24, 2.45) is 11.8 Å². The zero-order valence-electron chi connectivity index (χ0n) is 13.2. The van der Waals surface area contributed by atoms with Gasteiger partial charge in [-0.15, -0.1) is 0 Å². The van der Waals surface area contributed by atoms with E-state index in [-0.39, 0.29) is 0 Å². The second-order valence-corrected chi connectivity index (χ2v) is 6.59. The Morgan fingerprint density at radius 1 is 1.30 bits per heavy atom. The summed E-state index contributed by atoms with van der Waals surface area (Å²) in [5.74, 6) is 2.56. The molecular weight excluding hydrogens is 250 g/mol. The molecule has 0 unspecified atom stereocenters. The lowest BCUT2D eigenvalue weighted by atomic mass is 9.89. The van der Waals surface area contributed by atoms with Crippen LogP contribution in [-0.4, -0.2) is 12.6 Å². The molecule has 0 amide bonds. The van der Waals surface area contributed by atoms with E-state index in [1.807, 2.05) is 6.07 Å². The molecule has 0 atom stereocenters. The van der Waals surface area contributed by atoms with E-state index in [1.54, 1.807) is 6.26 Å². The van der Waals surface area contributed by atoms with E-state index in [1.165, 1.54) is 31.2 Å². The van der Waals surface area contributed by atoms with Crippen LogP contribution in [0.25, 0.3) is 0 Å². The molecule has 0 spiro atoms. The first-order valence-corrected chi connectivity index (χ1v) is 8.02. The molecule has 1 N–H and O–H groups in total. The monoisotopic (exact) mass is 279 g/mol. The lowest BCUT2D eigenvalue weighted by Crippen LogP contribution is -2.21. The van der Waals surface area contributed by atoms with Gasteiger partial charge in [-0.3, -0.25) is 0 Å². The van der Waals surface area contributed by atoms with Gasteiger partial charge in [-0.25, -0.2) is 0 Å². The van der Waals surface area contributed by atoms with E-state index in [0.717, 1.165) is 24.8 Å². The van der Waals surface area contributed by atoms with Gasteiger partial charge in [0.25, 0.3) is 0 Å². The number of rotatable bonds is 7. The summed E-state index contributed by atoms with van der Waals surface area (Å²) in [6.45, 7) is 9.26. The molecule has 1 aromatic heterocycles. The minimum absolute atomic E-state index is 0.442. The molecule has 0 bridgehead atoms. The predicted octanol–water partition coefficient (Wildman–Crippen LogP) is 4.12. The number of hydrogen-bond acceptors (Lipinski definition) is 3. The summed E-state index contributed by atoms with van der Waals surface area (Å²) in [7, 11) is 0. The summed E-state index contributed by atoms with van der Waals surface area (Å²) in [6.07, 6.45) is 7.24. The van der Waals surface area contributed by atoms with Crippen molar-refractivity contribution in [1.82, 2.24) is 5.32 Å². The van der Waals surface area contributed by atoms with Crippen molar-refractivity contribution in [1.29, 1.82) is 0 Å². The van der Waals surface area contributed by atoms with E-state index < -0.39 is 0 Å². The molecule has 3 nitrogen and oxygen atoms in total. The Hall–Kier alpha value is -0.800. The Bertz CT molecular complexity index is 378. The summed E-state index contributed by atoms with van der Waals surface area (Å²) < 4.78 is 11.6. The summed E-state index contributed by atoms with van der Waals surface area (Å²) in [6, 6.07) is 2.04. The molecule has 1 aliphatic rings. The van der Waals surface area contributed by atoms with Crippen LogP contribution in [0, 0.1) is 11.8 Å². The van der Waals surface area contributed by atoms with E-state index in [0.29, 0.717) is 18.6 Å². The zero-order chi connectivity index (χ0) is 14.4. The summed E-state index contributed by atoms with van der Waals surface area (Å²) in [5.41, 5.74) is 1.19. The first-order chi connectivity index (χ1) is 9.65. The Morgan fingerprint density at radius 3 is 2.75 bits per heavy atom. The smallest absolute Gasteiger partial charge is 0.123 e. The van der Waals surface area contributed by atoms with Gasteiger partial charge >= 0.3 is 0 Å². The lowest BCUT2D eigenvalue weighted by Gasteiger charge is -2.26. The van der Waals surface area contributed by atoms with Crippen LogP contribution in [-0.2, 0) is 17.9 Å². The van der Waals surface area contributed by atoms with E-state index in [4.69, 9.17) is 9.15 Å². The fourth-order valence-electron chi connectivity index (χ4n) is 2.73. The highest BCUT2D eigenvalue weighted by Gasteiger charge is 2.19. The topological polar surface area (TPSA) is 34.4 Å². The van der Waals surface area contributed by atoms with E-state index in [9.17, 15) is 0 Å². The molecule has 0 aliphatic heterocycles. The molecule has 0 saturated heterocycles. The summed E-state index contributed by atoms with van der Waals surface area (Å²) >= 11 is 0. The maximum Gasteiger partial charge on any atom is 0.123 e. The third-order valence-electron chi connectivity index (χ3n) is 4.11. The van der Waals surface area contributed by atoms with Crippen LogP contribution in [0.5, 0.6) is 0 Å². The van der Waals surface area contributed by atoms with Gasteiger partial charge in [0.2, 0.25) is 0 Å². The Labute approximate surface area is 123 Å². The quantitative estimate of drug-likeness (QED) is 0.815. The average Bonchev–Trinajstić information content (AvgIpc) is 2.85. The third kappa shape index (κ3) is 4.95. The van der Waals surface area contributed by atoms with Crippen LogP contribution in [0.4, 0.5) is 0 Å². The molecule has 114 valence electrons. The lowest BCUT2D eigenvalue weighted by molar-refractivity contribution is 0.00814. The minimum Gasteiger partial charge on any atom is -0.468 e. The third-order valence-corrected chi connectivity index (χ3v) is 4.11.